The van der Waals surface area contributed by atoms with Crippen molar-refractivity contribution in [3.63, 3.8) is 0 Å². The van der Waals surface area contributed by atoms with Gasteiger partial charge in [-0.3, -0.25) is 9.48 Å². The molecule has 0 radical (unpaired) electrons. The first-order valence-corrected chi connectivity index (χ1v) is 10.5. The number of carbonyl (C=O) groups excluding carboxylic acids is 1. The third-order valence-corrected chi connectivity index (χ3v) is 7.21. The van der Waals surface area contributed by atoms with E-state index in [4.69, 9.17) is 9.47 Å². The molecule has 0 aromatic carbocycles. The molecular weight excluding hydrogens is 346 g/mol. The van der Waals surface area contributed by atoms with Gasteiger partial charge in [-0.15, -0.1) is 0 Å². The molecule has 25 heavy (non-hydrogen) atoms. The molecule has 0 bridgehead atoms. The lowest BCUT2D eigenvalue weighted by atomic mass is 10.0. The highest BCUT2D eigenvalue weighted by Crippen LogP contribution is 2.32. The zero-order valence-electron chi connectivity index (χ0n) is 14.3. The molecular formula is C16H23N3O5S. The van der Waals surface area contributed by atoms with Crippen molar-refractivity contribution in [2.75, 3.05) is 37.8 Å². The van der Waals surface area contributed by atoms with Gasteiger partial charge in [-0.1, -0.05) is 0 Å². The molecule has 1 spiro atoms. The Balaban J connectivity index is 1.46. The molecule has 1 atom stereocenters. The van der Waals surface area contributed by atoms with Crippen LogP contribution >= 0.6 is 0 Å². The summed E-state index contributed by atoms with van der Waals surface area (Å²) in [6, 6.07) is -0.170. The lowest BCUT2D eigenvalue weighted by Gasteiger charge is -2.37. The van der Waals surface area contributed by atoms with Crippen LogP contribution in [0.4, 0.5) is 0 Å². The van der Waals surface area contributed by atoms with Crippen LogP contribution in [0.3, 0.4) is 0 Å². The zero-order valence-corrected chi connectivity index (χ0v) is 15.1. The summed E-state index contributed by atoms with van der Waals surface area (Å²) in [4.78, 5) is 14.7. The lowest BCUT2D eigenvalue weighted by Crippen LogP contribution is -2.47. The van der Waals surface area contributed by atoms with Crippen LogP contribution in [0.15, 0.2) is 6.20 Å². The van der Waals surface area contributed by atoms with Crippen molar-refractivity contribution in [2.24, 2.45) is 0 Å². The number of carbonyl (C=O) groups is 1. The molecule has 0 saturated carbocycles. The van der Waals surface area contributed by atoms with E-state index in [1.54, 1.807) is 15.8 Å². The summed E-state index contributed by atoms with van der Waals surface area (Å²) < 4.78 is 36.5. The molecule has 3 aliphatic heterocycles. The Morgan fingerprint density at radius 1 is 1.28 bits per heavy atom. The Morgan fingerprint density at radius 2 is 1.96 bits per heavy atom. The highest BCUT2D eigenvalue weighted by atomic mass is 32.2. The molecule has 3 fully saturated rings. The summed E-state index contributed by atoms with van der Waals surface area (Å²) in [6.45, 7) is 4.23. The Labute approximate surface area is 147 Å². The van der Waals surface area contributed by atoms with Crippen LogP contribution in [0.2, 0.25) is 0 Å². The van der Waals surface area contributed by atoms with Crippen molar-refractivity contribution in [1.82, 2.24) is 14.7 Å². The first kappa shape index (κ1) is 17.0. The maximum atomic E-state index is 12.9. The normalized spacial score (nSPS) is 27.9. The van der Waals surface area contributed by atoms with Gasteiger partial charge in [0.15, 0.2) is 15.6 Å². The van der Waals surface area contributed by atoms with Crippen molar-refractivity contribution < 1.29 is 22.7 Å². The Morgan fingerprint density at radius 3 is 2.56 bits per heavy atom. The number of sulfone groups is 1. The molecule has 3 aliphatic rings. The SMILES string of the molecule is Cc1c(C(=O)N2CCC3(CC2)OCCO3)cnn1C1CCS(=O)(=O)C1. The molecule has 4 rings (SSSR count). The highest BCUT2D eigenvalue weighted by Gasteiger charge is 2.41. The molecule has 1 unspecified atom stereocenters. The number of ether oxygens (including phenoxy) is 2. The fraction of sp³-hybridized carbons (Fsp3) is 0.750. The van der Waals surface area contributed by atoms with Gasteiger partial charge in [-0.2, -0.15) is 5.10 Å². The summed E-state index contributed by atoms with van der Waals surface area (Å²) in [6.07, 6.45) is 3.47. The van der Waals surface area contributed by atoms with Crippen LogP contribution in [0.5, 0.6) is 0 Å². The lowest BCUT2D eigenvalue weighted by molar-refractivity contribution is -0.181. The molecule has 0 aliphatic carbocycles. The molecule has 8 nitrogen and oxygen atoms in total. The van der Waals surface area contributed by atoms with Crippen molar-refractivity contribution in [3.8, 4) is 0 Å². The maximum Gasteiger partial charge on any atom is 0.257 e. The highest BCUT2D eigenvalue weighted by molar-refractivity contribution is 7.91. The summed E-state index contributed by atoms with van der Waals surface area (Å²) in [7, 11) is -2.99. The van der Waals surface area contributed by atoms with Gasteiger partial charge in [0.25, 0.3) is 5.91 Å². The Bertz CT molecular complexity index is 772. The largest absolute Gasteiger partial charge is 0.347 e. The van der Waals surface area contributed by atoms with Gasteiger partial charge in [0.2, 0.25) is 0 Å². The van der Waals surface area contributed by atoms with E-state index in [9.17, 15) is 13.2 Å². The molecule has 0 N–H and O–H groups in total. The van der Waals surface area contributed by atoms with Gasteiger partial charge in [-0.25, -0.2) is 8.42 Å². The second-order valence-electron chi connectivity index (χ2n) is 7.04. The third-order valence-electron chi connectivity index (χ3n) is 5.46. The predicted octanol–water partition coefficient (Wildman–Crippen LogP) is 0.530. The smallest absolute Gasteiger partial charge is 0.257 e. The van der Waals surface area contributed by atoms with Crippen LogP contribution in [0.1, 0.15) is 41.4 Å². The van der Waals surface area contributed by atoms with Crippen molar-refractivity contribution in [3.05, 3.63) is 17.5 Å². The summed E-state index contributed by atoms with van der Waals surface area (Å²) in [5.74, 6) is -0.273. The summed E-state index contributed by atoms with van der Waals surface area (Å²) in [5, 5.41) is 4.31. The van der Waals surface area contributed by atoms with E-state index >= 15 is 0 Å². The second kappa shape index (κ2) is 6.07. The molecule has 1 amide bonds. The summed E-state index contributed by atoms with van der Waals surface area (Å²) >= 11 is 0. The van der Waals surface area contributed by atoms with E-state index in [-0.39, 0.29) is 23.5 Å². The number of hydrogen-bond donors (Lipinski definition) is 0. The third kappa shape index (κ3) is 3.09. The fourth-order valence-corrected chi connectivity index (χ4v) is 5.67. The predicted molar refractivity (Wildman–Crippen MR) is 89.0 cm³/mol. The van der Waals surface area contributed by atoms with Crippen molar-refractivity contribution >= 4 is 15.7 Å². The maximum absolute atomic E-state index is 12.9. The van der Waals surface area contributed by atoms with Gasteiger partial charge >= 0.3 is 0 Å². The number of aromatic nitrogens is 2. The quantitative estimate of drug-likeness (QED) is 0.755. The van der Waals surface area contributed by atoms with E-state index in [1.807, 2.05) is 6.92 Å². The minimum Gasteiger partial charge on any atom is -0.347 e. The fourth-order valence-electron chi connectivity index (χ4n) is 3.98. The molecule has 4 heterocycles. The number of piperidine rings is 1. The van der Waals surface area contributed by atoms with Gasteiger partial charge < -0.3 is 14.4 Å². The number of amides is 1. The van der Waals surface area contributed by atoms with Crippen LogP contribution in [-0.2, 0) is 19.3 Å². The Kier molecular flexibility index (Phi) is 4.12. The monoisotopic (exact) mass is 369 g/mol. The first-order valence-electron chi connectivity index (χ1n) is 8.71. The molecule has 3 saturated heterocycles. The molecule has 9 heteroatoms. The number of hydrogen-bond acceptors (Lipinski definition) is 6. The second-order valence-corrected chi connectivity index (χ2v) is 9.27. The van der Waals surface area contributed by atoms with E-state index in [0.717, 1.165) is 5.69 Å². The van der Waals surface area contributed by atoms with Crippen LogP contribution < -0.4 is 0 Å². The van der Waals surface area contributed by atoms with Crippen molar-refractivity contribution in [1.29, 1.82) is 0 Å². The van der Waals surface area contributed by atoms with Gasteiger partial charge in [0.1, 0.15) is 0 Å². The Hall–Kier alpha value is -1.45. The van der Waals surface area contributed by atoms with E-state index < -0.39 is 15.6 Å². The van der Waals surface area contributed by atoms with E-state index in [0.29, 0.717) is 51.1 Å². The van der Waals surface area contributed by atoms with Crippen LogP contribution in [-0.4, -0.2) is 72.6 Å². The summed E-state index contributed by atoms with van der Waals surface area (Å²) in [5.41, 5.74) is 1.29. The molecule has 1 aromatic heterocycles. The van der Waals surface area contributed by atoms with Crippen molar-refractivity contribution in [2.45, 2.75) is 38.0 Å². The molecule has 1 aromatic rings. The van der Waals surface area contributed by atoms with E-state index in [2.05, 4.69) is 5.10 Å². The standard InChI is InChI=1S/C16H23N3O5S/c1-12-14(10-17-19(12)13-2-9-25(21,22)11-13)15(20)18-5-3-16(4-6-18)23-7-8-24-16/h10,13H,2-9,11H2,1H3. The first-order chi connectivity index (χ1) is 11.9. The van der Waals surface area contributed by atoms with Crippen LogP contribution in [0.25, 0.3) is 0 Å². The minimum atomic E-state index is -2.99. The van der Waals surface area contributed by atoms with Gasteiger partial charge in [-0.05, 0) is 13.3 Å². The van der Waals surface area contributed by atoms with Crippen LogP contribution in [0, 0.1) is 6.92 Å². The molecule has 138 valence electrons. The number of nitrogens with zero attached hydrogens (tertiary/aromatic N) is 3. The zero-order chi connectivity index (χ0) is 17.7. The number of likely N-dealkylation sites (tertiary alicyclic amines) is 1. The van der Waals surface area contributed by atoms with Gasteiger partial charge in [0.05, 0.1) is 42.5 Å². The number of rotatable bonds is 2. The minimum absolute atomic E-state index is 0.0579. The average molecular weight is 369 g/mol. The van der Waals surface area contributed by atoms with E-state index in [1.165, 1.54) is 0 Å². The topological polar surface area (TPSA) is 90.7 Å². The van der Waals surface area contributed by atoms with Gasteiger partial charge in [0, 0.05) is 31.6 Å². The average Bonchev–Trinajstić information content (AvgIpc) is 3.27.